The van der Waals surface area contributed by atoms with Gasteiger partial charge in [0.1, 0.15) is 0 Å². The fourth-order valence-corrected chi connectivity index (χ4v) is 1.90. The normalized spacial score (nSPS) is 30.1. The van der Waals surface area contributed by atoms with Crippen LogP contribution in [0.5, 0.6) is 0 Å². The molecule has 1 rings (SSSR count). The monoisotopic (exact) mass is 216 g/mol. The lowest BCUT2D eigenvalue weighted by Crippen LogP contribution is -2.26. The molecule has 88 valence electrons. The lowest BCUT2D eigenvalue weighted by Gasteiger charge is -2.18. The number of aliphatic hydroxyl groups is 1. The van der Waals surface area contributed by atoms with Gasteiger partial charge in [0.05, 0.1) is 24.2 Å². The maximum Gasteiger partial charge on any atom is 0.308 e. The van der Waals surface area contributed by atoms with Crippen molar-refractivity contribution < 1.29 is 19.7 Å². The van der Waals surface area contributed by atoms with Gasteiger partial charge in [-0.25, -0.2) is 0 Å². The molecule has 0 aromatic rings. The first-order valence-corrected chi connectivity index (χ1v) is 5.61. The molecule has 0 bridgehead atoms. The largest absolute Gasteiger partial charge is 0.481 e. The number of aliphatic hydroxyl groups excluding tert-OH is 1. The predicted molar refractivity (Wildman–Crippen MR) is 55.6 cm³/mol. The van der Waals surface area contributed by atoms with E-state index in [2.05, 4.69) is 0 Å². The van der Waals surface area contributed by atoms with Crippen LogP contribution in [0.25, 0.3) is 0 Å². The highest BCUT2D eigenvalue weighted by Gasteiger charge is 2.33. The van der Waals surface area contributed by atoms with Crippen molar-refractivity contribution in [1.82, 2.24) is 0 Å². The molecule has 1 saturated heterocycles. The lowest BCUT2D eigenvalue weighted by atomic mass is 10.0. The molecule has 1 aliphatic rings. The minimum atomic E-state index is -0.809. The molecule has 4 atom stereocenters. The second-order valence-electron chi connectivity index (χ2n) is 4.30. The fraction of sp³-hybridized carbons (Fsp3) is 0.909. The molecular weight excluding hydrogens is 196 g/mol. The van der Waals surface area contributed by atoms with E-state index in [1.54, 1.807) is 6.92 Å². The Hall–Kier alpha value is -0.610. The highest BCUT2D eigenvalue weighted by molar-refractivity contribution is 5.70. The molecule has 0 spiro atoms. The smallest absolute Gasteiger partial charge is 0.308 e. The molecule has 0 aliphatic carbocycles. The van der Waals surface area contributed by atoms with E-state index in [-0.39, 0.29) is 18.3 Å². The van der Waals surface area contributed by atoms with Crippen LogP contribution in [-0.2, 0) is 9.53 Å². The van der Waals surface area contributed by atoms with Crippen molar-refractivity contribution in [3.05, 3.63) is 0 Å². The minimum absolute atomic E-state index is 0.0340. The molecule has 4 heteroatoms. The molecule has 1 fully saturated rings. The van der Waals surface area contributed by atoms with Crippen molar-refractivity contribution in [3.63, 3.8) is 0 Å². The topological polar surface area (TPSA) is 66.8 Å². The van der Waals surface area contributed by atoms with Gasteiger partial charge in [0.25, 0.3) is 0 Å². The van der Waals surface area contributed by atoms with Gasteiger partial charge in [0.15, 0.2) is 0 Å². The number of ether oxygens (including phenoxy) is 1. The van der Waals surface area contributed by atoms with Gasteiger partial charge < -0.3 is 14.9 Å². The molecular formula is C11H20O4. The third kappa shape index (κ3) is 3.47. The fourth-order valence-electron chi connectivity index (χ4n) is 1.90. The summed E-state index contributed by atoms with van der Waals surface area (Å²) in [6.07, 6.45) is 2.52. The summed E-state index contributed by atoms with van der Waals surface area (Å²) < 4.78 is 5.62. The van der Waals surface area contributed by atoms with Crippen LogP contribution in [0.3, 0.4) is 0 Å². The maximum absolute atomic E-state index is 10.7. The average Bonchev–Trinajstić information content (AvgIpc) is 2.64. The highest BCUT2D eigenvalue weighted by atomic mass is 16.5. The summed E-state index contributed by atoms with van der Waals surface area (Å²) in [6.45, 7) is 3.60. The SMILES string of the molecule is CCC(O)C[C@@H]1CC[C@H](C(C)C(=O)O)O1. The van der Waals surface area contributed by atoms with Gasteiger partial charge in [-0.2, -0.15) is 0 Å². The maximum atomic E-state index is 10.7. The summed E-state index contributed by atoms with van der Waals surface area (Å²) in [5.74, 6) is -1.26. The Morgan fingerprint density at radius 3 is 2.73 bits per heavy atom. The summed E-state index contributed by atoms with van der Waals surface area (Å²) in [6, 6.07) is 0. The summed E-state index contributed by atoms with van der Waals surface area (Å²) in [4.78, 5) is 10.7. The zero-order valence-corrected chi connectivity index (χ0v) is 9.35. The Morgan fingerprint density at radius 2 is 2.20 bits per heavy atom. The molecule has 0 aromatic heterocycles. The first-order valence-electron chi connectivity index (χ1n) is 5.61. The van der Waals surface area contributed by atoms with Crippen LogP contribution in [-0.4, -0.2) is 34.5 Å². The first kappa shape index (κ1) is 12.5. The van der Waals surface area contributed by atoms with Crippen molar-refractivity contribution in [2.45, 2.75) is 57.8 Å². The third-order valence-electron chi connectivity index (χ3n) is 3.09. The number of carboxylic acid groups (broad SMARTS) is 1. The van der Waals surface area contributed by atoms with Crippen molar-refractivity contribution in [3.8, 4) is 0 Å². The number of aliphatic carboxylic acids is 1. The zero-order chi connectivity index (χ0) is 11.4. The summed E-state index contributed by atoms with van der Waals surface area (Å²) in [7, 11) is 0. The van der Waals surface area contributed by atoms with Gasteiger partial charge in [0.2, 0.25) is 0 Å². The van der Waals surface area contributed by atoms with Gasteiger partial charge in [-0.05, 0) is 32.6 Å². The van der Waals surface area contributed by atoms with E-state index in [0.717, 1.165) is 19.3 Å². The predicted octanol–water partition coefficient (Wildman–Crippen LogP) is 1.42. The lowest BCUT2D eigenvalue weighted by molar-refractivity contribution is -0.146. The number of hydrogen-bond acceptors (Lipinski definition) is 3. The number of rotatable bonds is 5. The van der Waals surface area contributed by atoms with Gasteiger partial charge in [0, 0.05) is 0 Å². The molecule has 0 radical (unpaired) electrons. The second-order valence-corrected chi connectivity index (χ2v) is 4.30. The standard InChI is InChI=1S/C11H20O4/c1-3-8(12)6-9-4-5-10(15-9)7(2)11(13)14/h7-10,12H,3-6H2,1-2H3,(H,13,14)/t7?,8?,9-,10+/m0/s1. The van der Waals surface area contributed by atoms with Gasteiger partial charge >= 0.3 is 5.97 Å². The Kier molecular flexibility index (Phi) is 4.54. The van der Waals surface area contributed by atoms with Crippen LogP contribution in [0.2, 0.25) is 0 Å². The van der Waals surface area contributed by atoms with Gasteiger partial charge in [-0.3, -0.25) is 4.79 Å². The van der Waals surface area contributed by atoms with Crippen LogP contribution in [0, 0.1) is 5.92 Å². The summed E-state index contributed by atoms with van der Waals surface area (Å²) in [5, 5.41) is 18.3. The van der Waals surface area contributed by atoms with Crippen molar-refractivity contribution in [2.24, 2.45) is 5.92 Å². The van der Waals surface area contributed by atoms with E-state index in [4.69, 9.17) is 9.84 Å². The van der Waals surface area contributed by atoms with E-state index in [1.165, 1.54) is 0 Å². The quantitative estimate of drug-likeness (QED) is 0.729. The minimum Gasteiger partial charge on any atom is -0.481 e. The second kappa shape index (κ2) is 5.47. The number of carboxylic acids is 1. The number of carbonyl (C=O) groups is 1. The van der Waals surface area contributed by atoms with Crippen LogP contribution in [0.15, 0.2) is 0 Å². The average molecular weight is 216 g/mol. The van der Waals surface area contributed by atoms with E-state index in [1.807, 2.05) is 6.92 Å². The van der Waals surface area contributed by atoms with E-state index in [9.17, 15) is 9.90 Å². The Labute approximate surface area is 90.2 Å². The van der Waals surface area contributed by atoms with E-state index >= 15 is 0 Å². The molecule has 1 heterocycles. The van der Waals surface area contributed by atoms with E-state index in [0.29, 0.717) is 6.42 Å². The Morgan fingerprint density at radius 1 is 1.53 bits per heavy atom. The molecule has 15 heavy (non-hydrogen) atoms. The first-order chi connectivity index (χ1) is 7.04. The molecule has 1 aliphatic heterocycles. The Balaban J connectivity index is 2.35. The zero-order valence-electron chi connectivity index (χ0n) is 9.35. The van der Waals surface area contributed by atoms with E-state index < -0.39 is 11.9 Å². The molecule has 2 N–H and O–H groups in total. The van der Waals surface area contributed by atoms with Crippen LogP contribution >= 0.6 is 0 Å². The van der Waals surface area contributed by atoms with Gasteiger partial charge in [-0.15, -0.1) is 0 Å². The Bertz CT molecular complexity index is 217. The van der Waals surface area contributed by atoms with Crippen molar-refractivity contribution in [1.29, 1.82) is 0 Å². The highest BCUT2D eigenvalue weighted by Crippen LogP contribution is 2.28. The summed E-state index contributed by atoms with van der Waals surface area (Å²) >= 11 is 0. The summed E-state index contributed by atoms with van der Waals surface area (Å²) in [5.41, 5.74) is 0. The molecule has 0 aromatic carbocycles. The molecule has 0 amide bonds. The number of hydrogen-bond donors (Lipinski definition) is 2. The molecule has 0 saturated carbocycles. The van der Waals surface area contributed by atoms with Gasteiger partial charge in [-0.1, -0.05) is 6.92 Å². The van der Waals surface area contributed by atoms with Crippen LogP contribution < -0.4 is 0 Å². The third-order valence-corrected chi connectivity index (χ3v) is 3.09. The van der Waals surface area contributed by atoms with Crippen LogP contribution in [0.4, 0.5) is 0 Å². The van der Waals surface area contributed by atoms with Crippen LogP contribution in [0.1, 0.15) is 39.5 Å². The molecule has 2 unspecified atom stereocenters. The van der Waals surface area contributed by atoms with Crippen molar-refractivity contribution in [2.75, 3.05) is 0 Å². The molecule has 4 nitrogen and oxygen atoms in total. The van der Waals surface area contributed by atoms with Crippen molar-refractivity contribution >= 4 is 5.97 Å².